The van der Waals surface area contributed by atoms with Gasteiger partial charge in [-0.1, -0.05) is 12.1 Å². The fraction of sp³-hybridized carbons (Fsp3) is 0.176. The molecule has 0 saturated heterocycles. The van der Waals surface area contributed by atoms with E-state index in [1.807, 2.05) is 24.3 Å². The third kappa shape index (κ3) is 3.42. The van der Waals surface area contributed by atoms with Gasteiger partial charge >= 0.3 is 0 Å². The SMILES string of the molecule is COc1cccc(CNC(=O)c2ccc3c(c2)OCC(=O)N3)c1. The number of amides is 2. The number of anilines is 1. The first-order valence-corrected chi connectivity index (χ1v) is 7.13. The van der Waals surface area contributed by atoms with E-state index < -0.39 is 0 Å². The average molecular weight is 312 g/mol. The molecule has 23 heavy (non-hydrogen) atoms. The number of methoxy groups -OCH3 is 1. The standard InChI is InChI=1S/C17H16N2O4/c1-22-13-4-2-3-11(7-13)9-18-17(21)12-5-6-14-15(8-12)23-10-16(20)19-14/h2-8H,9-10H2,1H3,(H,18,21)(H,19,20). The summed E-state index contributed by atoms with van der Waals surface area (Å²) in [5.74, 6) is 0.831. The minimum atomic E-state index is -0.212. The number of nitrogens with one attached hydrogen (secondary N) is 2. The quantitative estimate of drug-likeness (QED) is 0.905. The Labute approximate surface area is 133 Å². The zero-order chi connectivity index (χ0) is 16.2. The van der Waals surface area contributed by atoms with Crippen molar-refractivity contribution in [2.75, 3.05) is 19.0 Å². The summed E-state index contributed by atoms with van der Waals surface area (Å²) in [4.78, 5) is 23.5. The van der Waals surface area contributed by atoms with Gasteiger partial charge in [-0.25, -0.2) is 0 Å². The van der Waals surface area contributed by atoms with Crippen molar-refractivity contribution in [2.45, 2.75) is 6.54 Å². The maximum Gasteiger partial charge on any atom is 0.262 e. The summed E-state index contributed by atoms with van der Waals surface area (Å²) in [5.41, 5.74) is 1.99. The van der Waals surface area contributed by atoms with Crippen LogP contribution in [0.1, 0.15) is 15.9 Å². The highest BCUT2D eigenvalue weighted by Gasteiger charge is 2.17. The molecule has 0 unspecified atom stereocenters. The summed E-state index contributed by atoms with van der Waals surface area (Å²) in [6.45, 7) is 0.354. The molecule has 0 aliphatic carbocycles. The van der Waals surface area contributed by atoms with Crippen LogP contribution in [0.4, 0.5) is 5.69 Å². The van der Waals surface area contributed by atoms with Crippen LogP contribution in [-0.4, -0.2) is 25.5 Å². The minimum Gasteiger partial charge on any atom is -0.497 e. The van der Waals surface area contributed by atoms with Crippen molar-refractivity contribution < 1.29 is 19.1 Å². The molecule has 0 spiro atoms. The second kappa shape index (κ2) is 6.39. The smallest absolute Gasteiger partial charge is 0.262 e. The minimum absolute atomic E-state index is 0.0398. The molecule has 6 heteroatoms. The Bertz CT molecular complexity index is 758. The van der Waals surface area contributed by atoms with Crippen LogP contribution in [0.15, 0.2) is 42.5 Å². The summed E-state index contributed by atoms with van der Waals surface area (Å²) < 4.78 is 10.5. The van der Waals surface area contributed by atoms with Crippen molar-refractivity contribution in [3.63, 3.8) is 0 Å². The van der Waals surface area contributed by atoms with Crippen LogP contribution >= 0.6 is 0 Å². The van der Waals surface area contributed by atoms with Crippen LogP contribution < -0.4 is 20.1 Å². The predicted molar refractivity (Wildman–Crippen MR) is 84.7 cm³/mol. The van der Waals surface area contributed by atoms with Crippen molar-refractivity contribution in [1.29, 1.82) is 0 Å². The number of carbonyl (C=O) groups is 2. The Kier molecular flexibility index (Phi) is 4.14. The number of fused-ring (bicyclic) bond motifs is 1. The topological polar surface area (TPSA) is 76.7 Å². The van der Waals surface area contributed by atoms with Crippen molar-refractivity contribution in [2.24, 2.45) is 0 Å². The Morgan fingerprint density at radius 2 is 2.17 bits per heavy atom. The van der Waals surface area contributed by atoms with Gasteiger partial charge in [-0.3, -0.25) is 9.59 Å². The third-order valence-electron chi connectivity index (χ3n) is 3.46. The van der Waals surface area contributed by atoms with Crippen molar-refractivity contribution in [3.8, 4) is 11.5 Å². The van der Waals surface area contributed by atoms with Crippen LogP contribution in [0.2, 0.25) is 0 Å². The lowest BCUT2D eigenvalue weighted by atomic mass is 10.1. The van der Waals surface area contributed by atoms with Gasteiger partial charge in [-0.2, -0.15) is 0 Å². The number of benzene rings is 2. The lowest BCUT2D eigenvalue weighted by Gasteiger charge is -2.18. The molecular weight excluding hydrogens is 296 g/mol. The van der Waals surface area contributed by atoms with E-state index in [2.05, 4.69) is 10.6 Å². The Balaban J connectivity index is 1.67. The molecular formula is C17H16N2O4. The van der Waals surface area contributed by atoms with Gasteiger partial charge in [-0.05, 0) is 35.9 Å². The third-order valence-corrected chi connectivity index (χ3v) is 3.46. The molecule has 1 aliphatic heterocycles. The average Bonchev–Trinajstić information content (AvgIpc) is 2.59. The molecule has 2 amide bonds. The monoisotopic (exact) mass is 312 g/mol. The van der Waals surface area contributed by atoms with Crippen molar-refractivity contribution >= 4 is 17.5 Å². The lowest BCUT2D eigenvalue weighted by Crippen LogP contribution is -2.26. The number of hydrogen-bond acceptors (Lipinski definition) is 4. The summed E-state index contributed by atoms with van der Waals surface area (Å²) >= 11 is 0. The lowest BCUT2D eigenvalue weighted by molar-refractivity contribution is -0.118. The Hall–Kier alpha value is -3.02. The van der Waals surface area contributed by atoms with Gasteiger partial charge < -0.3 is 20.1 Å². The van der Waals surface area contributed by atoms with Gasteiger partial charge in [-0.15, -0.1) is 0 Å². The van der Waals surface area contributed by atoms with Gasteiger partial charge in [0.15, 0.2) is 6.61 Å². The highest BCUT2D eigenvalue weighted by molar-refractivity contribution is 5.98. The molecule has 0 saturated carbocycles. The van der Waals surface area contributed by atoms with Crippen LogP contribution in [0.5, 0.6) is 11.5 Å². The molecule has 2 N–H and O–H groups in total. The number of rotatable bonds is 4. The summed E-state index contributed by atoms with van der Waals surface area (Å²) in [6, 6.07) is 12.4. The molecule has 0 bridgehead atoms. The molecule has 1 heterocycles. The van der Waals surface area contributed by atoms with Gasteiger partial charge in [0, 0.05) is 12.1 Å². The summed E-state index contributed by atoms with van der Waals surface area (Å²) in [5, 5.41) is 5.53. The summed E-state index contributed by atoms with van der Waals surface area (Å²) in [6.07, 6.45) is 0. The first-order chi connectivity index (χ1) is 11.2. The van der Waals surface area contributed by atoms with Crippen LogP contribution in [0, 0.1) is 0 Å². The number of ether oxygens (including phenoxy) is 2. The van der Waals surface area contributed by atoms with E-state index in [4.69, 9.17) is 9.47 Å². The predicted octanol–water partition coefficient (Wildman–Crippen LogP) is 1.96. The Morgan fingerprint density at radius 3 is 3.00 bits per heavy atom. The number of hydrogen-bond donors (Lipinski definition) is 2. The molecule has 3 rings (SSSR count). The second-order valence-corrected chi connectivity index (χ2v) is 5.08. The molecule has 6 nitrogen and oxygen atoms in total. The molecule has 2 aromatic rings. The zero-order valence-corrected chi connectivity index (χ0v) is 12.6. The largest absolute Gasteiger partial charge is 0.497 e. The first-order valence-electron chi connectivity index (χ1n) is 7.13. The Morgan fingerprint density at radius 1 is 1.30 bits per heavy atom. The first kappa shape index (κ1) is 14.9. The van der Waals surface area contributed by atoms with Crippen LogP contribution in [0.25, 0.3) is 0 Å². The normalized spacial score (nSPS) is 12.7. The maximum absolute atomic E-state index is 12.2. The molecule has 2 aromatic carbocycles. The van der Waals surface area contributed by atoms with Crippen LogP contribution in [0.3, 0.4) is 0 Å². The van der Waals surface area contributed by atoms with E-state index in [1.165, 1.54) is 0 Å². The van der Waals surface area contributed by atoms with E-state index >= 15 is 0 Å². The van der Waals surface area contributed by atoms with Crippen molar-refractivity contribution in [3.05, 3.63) is 53.6 Å². The van der Waals surface area contributed by atoms with E-state index in [0.717, 1.165) is 11.3 Å². The van der Waals surface area contributed by atoms with E-state index in [0.29, 0.717) is 23.5 Å². The van der Waals surface area contributed by atoms with Gasteiger partial charge in [0.25, 0.3) is 11.8 Å². The zero-order valence-electron chi connectivity index (χ0n) is 12.6. The van der Waals surface area contributed by atoms with E-state index in [9.17, 15) is 9.59 Å². The molecule has 0 atom stereocenters. The summed E-state index contributed by atoms with van der Waals surface area (Å²) in [7, 11) is 1.60. The molecule has 0 aromatic heterocycles. The fourth-order valence-electron chi connectivity index (χ4n) is 2.28. The van der Waals surface area contributed by atoms with Gasteiger partial charge in [0.1, 0.15) is 11.5 Å². The molecule has 1 aliphatic rings. The number of carbonyl (C=O) groups excluding carboxylic acids is 2. The second-order valence-electron chi connectivity index (χ2n) is 5.08. The molecule has 0 radical (unpaired) electrons. The maximum atomic E-state index is 12.2. The van der Waals surface area contributed by atoms with Gasteiger partial charge in [0.05, 0.1) is 12.8 Å². The molecule has 118 valence electrons. The van der Waals surface area contributed by atoms with Gasteiger partial charge in [0.2, 0.25) is 0 Å². The van der Waals surface area contributed by atoms with Crippen LogP contribution in [-0.2, 0) is 11.3 Å². The van der Waals surface area contributed by atoms with Crippen molar-refractivity contribution in [1.82, 2.24) is 5.32 Å². The highest BCUT2D eigenvalue weighted by Crippen LogP contribution is 2.28. The van der Waals surface area contributed by atoms with E-state index in [-0.39, 0.29) is 18.4 Å². The highest BCUT2D eigenvalue weighted by atomic mass is 16.5. The van der Waals surface area contributed by atoms with E-state index in [1.54, 1.807) is 25.3 Å². The molecule has 0 fully saturated rings. The fourth-order valence-corrected chi connectivity index (χ4v) is 2.28.